The number of carbonyl (C=O) groups is 2. The minimum Gasteiger partial charge on any atom is -0.378 e. The van der Waals surface area contributed by atoms with Crippen LogP contribution in [0.25, 0.3) is 5.69 Å². The van der Waals surface area contributed by atoms with Crippen molar-refractivity contribution in [3.63, 3.8) is 0 Å². The molecule has 3 amide bonds. The summed E-state index contributed by atoms with van der Waals surface area (Å²) in [6, 6.07) is 7.46. The second-order valence-corrected chi connectivity index (χ2v) is 7.14. The van der Waals surface area contributed by atoms with Crippen molar-refractivity contribution in [3.8, 4) is 5.69 Å². The lowest BCUT2D eigenvalue weighted by Gasteiger charge is -2.28. The minimum atomic E-state index is -0.498. The van der Waals surface area contributed by atoms with Gasteiger partial charge < -0.3 is 15.0 Å². The standard InChI is InChI=1S/C18H24N6O3S/c1-3-19-16(26)20-15(25)12-28-18-22-21-17(23-8-10-27-11-9-23)24(18)14-7-5-4-6-13(14)2/h4-7H,3,8-12H2,1-2H3,(H2,19,20,25,26). The molecule has 2 heterocycles. The van der Waals surface area contributed by atoms with E-state index in [1.54, 1.807) is 6.92 Å². The Labute approximate surface area is 167 Å². The third-order valence-electron chi connectivity index (χ3n) is 4.19. The number of para-hydroxylation sites is 1. The summed E-state index contributed by atoms with van der Waals surface area (Å²) in [6.45, 7) is 7.00. The van der Waals surface area contributed by atoms with Crippen LogP contribution in [0.3, 0.4) is 0 Å². The molecule has 0 saturated carbocycles. The number of nitrogens with one attached hydrogen (secondary N) is 2. The molecule has 2 aromatic rings. The lowest BCUT2D eigenvalue weighted by molar-refractivity contribution is -0.117. The van der Waals surface area contributed by atoms with Crippen molar-refractivity contribution in [1.29, 1.82) is 0 Å². The number of nitrogens with zero attached hydrogens (tertiary/aromatic N) is 4. The highest BCUT2D eigenvalue weighted by atomic mass is 32.2. The van der Waals surface area contributed by atoms with Crippen LogP contribution in [0.5, 0.6) is 0 Å². The smallest absolute Gasteiger partial charge is 0.321 e. The van der Waals surface area contributed by atoms with E-state index in [1.165, 1.54) is 11.8 Å². The molecule has 2 N–H and O–H groups in total. The number of benzene rings is 1. The molecular formula is C18H24N6O3S. The fourth-order valence-electron chi connectivity index (χ4n) is 2.85. The van der Waals surface area contributed by atoms with Gasteiger partial charge in [-0.25, -0.2) is 4.79 Å². The van der Waals surface area contributed by atoms with Crippen LogP contribution in [0.4, 0.5) is 10.7 Å². The van der Waals surface area contributed by atoms with Gasteiger partial charge in [0.1, 0.15) is 0 Å². The van der Waals surface area contributed by atoms with Crippen LogP contribution in [0, 0.1) is 6.92 Å². The molecule has 1 saturated heterocycles. The molecule has 9 nitrogen and oxygen atoms in total. The van der Waals surface area contributed by atoms with Crippen molar-refractivity contribution in [2.24, 2.45) is 0 Å². The summed E-state index contributed by atoms with van der Waals surface area (Å²) in [5, 5.41) is 14.1. The molecule has 1 aromatic heterocycles. The van der Waals surface area contributed by atoms with Gasteiger partial charge in [0.2, 0.25) is 11.9 Å². The first kappa shape index (κ1) is 20.2. The number of imide groups is 1. The van der Waals surface area contributed by atoms with Gasteiger partial charge in [-0.05, 0) is 25.5 Å². The number of thioether (sulfide) groups is 1. The molecule has 10 heteroatoms. The average Bonchev–Trinajstić information content (AvgIpc) is 3.11. The van der Waals surface area contributed by atoms with E-state index in [2.05, 4.69) is 25.7 Å². The van der Waals surface area contributed by atoms with Gasteiger partial charge in [-0.1, -0.05) is 30.0 Å². The van der Waals surface area contributed by atoms with E-state index in [4.69, 9.17) is 4.74 Å². The normalized spacial score (nSPS) is 14.0. The number of morpholine rings is 1. The number of aryl methyl sites for hydroxylation is 1. The molecule has 28 heavy (non-hydrogen) atoms. The van der Waals surface area contributed by atoms with Crippen LogP contribution in [-0.4, -0.2) is 65.3 Å². The third-order valence-corrected chi connectivity index (χ3v) is 5.12. The number of hydrogen-bond acceptors (Lipinski definition) is 7. The first-order valence-corrected chi connectivity index (χ1v) is 10.1. The number of carbonyl (C=O) groups excluding carboxylic acids is 2. The van der Waals surface area contributed by atoms with Gasteiger partial charge >= 0.3 is 6.03 Å². The molecule has 1 aliphatic heterocycles. The van der Waals surface area contributed by atoms with E-state index in [0.29, 0.717) is 24.9 Å². The Kier molecular flexibility index (Phi) is 6.88. The monoisotopic (exact) mass is 404 g/mol. The quantitative estimate of drug-likeness (QED) is 0.701. The van der Waals surface area contributed by atoms with Crippen LogP contribution < -0.4 is 15.5 Å². The Balaban J connectivity index is 1.83. The Morgan fingerprint density at radius 1 is 1.21 bits per heavy atom. The Morgan fingerprint density at radius 2 is 1.96 bits per heavy atom. The fourth-order valence-corrected chi connectivity index (χ4v) is 3.59. The zero-order valence-electron chi connectivity index (χ0n) is 16.0. The molecule has 1 fully saturated rings. The molecule has 1 aliphatic rings. The highest BCUT2D eigenvalue weighted by Crippen LogP contribution is 2.28. The summed E-state index contributed by atoms with van der Waals surface area (Å²) in [4.78, 5) is 25.7. The van der Waals surface area contributed by atoms with Crippen molar-refractivity contribution in [2.75, 3.05) is 43.5 Å². The van der Waals surface area contributed by atoms with Gasteiger partial charge in [0.05, 0.1) is 24.7 Å². The van der Waals surface area contributed by atoms with Gasteiger partial charge in [0.25, 0.3) is 0 Å². The Morgan fingerprint density at radius 3 is 2.68 bits per heavy atom. The first-order chi connectivity index (χ1) is 13.6. The van der Waals surface area contributed by atoms with Crippen LogP contribution in [0.15, 0.2) is 29.4 Å². The first-order valence-electron chi connectivity index (χ1n) is 9.14. The van der Waals surface area contributed by atoms with Crippen LogP contribution in [0.1, 0.15) is 12.5 Å². The number of rotatable bonds is 6. The number of ether oxygens (including phenoxy) is 1. The highest BCUT2D eigenvalue weighted by molar-refractivity contribution is 7.99. The van der Waals surface area contributed by atoms with Gasteiger partial charge in [0.15, 0.2) is 5.16 Å². The third kappa shape index (κ3) is 4.82. The molecular weight excluding hydrogens is 380 g/mol. The van der Waals surface area contributed by atoms with Crippen LogP contribution in [0.2, 0.25) is 0 Å². The van der Waals surface area contributed by atoms with E-state index in [0.717, 1.165) is 30.3 Å². The van der Waals surface area contributed by atoms with Crippen molar-refractivity contribution in [1.82, 2.24) is 25.4 Å². The van der Waals surface area contributed by atoms with E-state index in [1.807, 2.05) is 35.8 Å². The zero-order chi connectivity index (χ0) is 19.9. The van der Waals surface area contributed by atoms with Crippen LogP contribution in [-0.2, 0) is 9.53 Å². The number of hydrogen-bond donors (Lipinski definition) is 2. The second-order valence-electron chi connectivity index (χ2n) is 6.20. The molecule has 0 atom stereocenters. The number of aromatic nitrogens is 3. The summed E-state index contributed by atoms with van der Waals surface area (Å²) in [5.41, 5.74) is 2.03. The molecule has 0 spiro atoms. The molecule has 0 radical (unpaired) electrons. The molecule has 0 bridgehead atoms. The number of urea groups is 1. The average molecular weight is 404 g/mol. The predicted octanol–water partition coefficient (Wildman–Crippen LogP) is 1.35. The summed E-state index contributed by atoms with van der Waals surface area (Å²) in [5.74, 6) is 0.400. The summed E-state index contributed by atoms with van der Waals surface area (Å²) in [7, 11) is 0. The Hall–Kier alpha value is -2.59. The SMILES string of the molecule is CCNC(=O)NC(=O)CSc1nnc(N2CCOCC2)n1-c1ccccc1C. The van der Waals surface area contributed by atoms with Crippen molar-refractivity contribution < 1.29 is 14.3 Å². The van der Waals surface area contributed by atoms with E-state index >= 15 is 0 Å². The number of amides is 3. The van der Waals surface area contributed by atoms with E-state index in [9.17, 15) is 9.59 Å². The molecule has 3 rings (SSSR count). The predicted molar refractivity (Wildman–Crippen MR) is 107 cm³/mol. The zero-order valence-corrected chi connectivity index (χ0v) is 16.8. The maximum absolute atomic E-state index is 12.0. The van der Waals surface area contributed by atoms with Gasteiger partial charge in [-0.3, -0.25) is 14.7 Å². The van der Waals surface area contributed by atoms with Gasteiger partial charge in [-0.15, -0.1) is 10.2 Å². The molecule has 0 unspecified atom stereocenters. The maximum atomic E-state index is 12.0. The van der Waals surface area contributed by atoms with Crippen molar-refractivity contribution in [3.05, 3.63) is 29.8 Å². The van der Waals surface area contributed by atoms with Crippen molar-refractivity contribution in [2.45, 2.75) is 19.0 Å². The van der Waals surface area contributed by atoms with E-state index < -0.39 is 6.03 Å². The molecule has 150 valence electrons. The topological polar surface area (TPSA) is 101 Å². The molecule has 1 aromatic carbocycles. The van der Waals surface area contributed by atoms with Gasteiger partial charge in [-0.2, -0.15) is 0 Å². The maximum Gasteiger partial charge on any atom is 0.321 e. The summed E-state index contributed by atoms with van der Waals surface area (Å²) >= 11 is 1.24. The van der Waals surface area contributed by atoms with E-state index in [-0.39, 0.29) is 11.7 Å². The fraction of sp³-hybridized carbons (Fsp3) is 0.444. The molecule has 0 aliphatic carbocycles. The minimum absolute atomic E-state index is 0.0598. The summed E-state index contributed by atoms with van der Waals surface area (Å²) in [6.07, 6.45) is 0. The Bertz CT molecular complexity index is 834. The van der Waals surface area contributed by atoms with Crippen LogP contribution >= 0.6 is 11.8 Å². The van der Waals surface area contributed by atoms with Crippen molar-refractivity contribution >= 4 is 29.6 Å². The lowest BCUT2D eigenvalue weighted by atomic mass is 10.2. The lowest BCUT2D eigenvalue weighted by Crippen LogP contribution is -2.40. The van der Waals surface area contributed by atoms with Gasteiger partial charge in [0, 0.05) is 19.6 Å². The number of anilines is 1. The highest BCUT2D eigenvalue weighted by Gasteiger charge is 2.23. The summed E-state index contributed by atoms with van der Waals surface area (Å²) < 4.78 is 7.40. The largest absolute Gasteiger partial charge is 0.378 e. The second kappa shape index (κ2) is 9.56.